The van der Waals surface area contributed by atoms with Crippen LogP contribution in [0, 0.1) is 5.41 Å². The van der Waals surface area contributed by atoms with Crippen molar-refractivity contribution >= 4 is 52.1 Å². The predicted octanol–water partition coefficient (Wildman–Crippen LogP) is 5.40. The fourth-order valence-corrected chi connectivity index (χ4v) is 4.36. The van der Waals surface area contributed by atoms with Crippen LogP contribution >= 0.6 is 23.5 Å². The summed E-state index contributed by atoms with van der Waals surface area (Å²) in [5.74, 6) is -1.22. The first kappa shape index (κ1) is 28.3. The molecule has 0 saturated heterocycles. The largest absolute Gasteiger partial charge is 0.465 e. The lowest BCUT2D eigenvalue weighted by Crippen LogP contribution is -2.42. The predicted molar refractivity (Wildman–Crippen MR) is 133 cm³/mol. The van der Waals surface area contributed by atoms with Crippen molar-refractivity contribution in [1.29, 1.82) is 0 Å². The number of nitrogens with zero attached hydrogens (tertiary/aromatic N) is 3. The van der Waals surface area contributed by atoms with Gasteiger partial charge in [0.25, 0.3) is 5.91 Å². The van der Waals surface area contributed by atoms with Crippen LogP contribution in [0.4, 0.5) is 23.7 Å². The van der Waals surface area contributed by atoms with Gasteiger partial charge in [0, 0.05) is 5.02 Å². The van der Waals surface area contributed by atoms with Gasteiger partial charge in [0.15, 0.2) is 0 Å². The minimum atomic E-state index is -4.57. The van der Waals surface area contributed by atoms with Gasteiger partial charge in [-0.2, -0.15) is 18.3 Å². The van der Waals surface area contributed by atoms with Crippen LogP contribution in [0.5, 0.6) is 0 Å². The normalized spacial score (nSPS) is 17.3. The van der Waals surface area contributed by atoms with Crippen LogP contribution < -0.4 is 4.31 Å². The molecule has 37 heavy (non-hydrogen) atoms. The molecule has 13 heteroatoms. The molecule has 1 aliphatic heterocycles. The molecule has 1 aliphatic rings. The minimum Gasteiger partial charge on any atom is -0.465 e. The van der Waals surface area contributed by atoms with Gasteiger partial charge in [-0.15, -0.1) is 0 Å². The molecule has 0 radical (unpaired) electrons. The molecule has 0 fully saturated rings. The summed E-state index contributed by atoms with van der Waals surface area (Å²) < 4.78 is 49.7. The van der Waals surface area contributed by atoms with Crippen LogP contribution in [0.1, 0.15) is 25.0 Å². The minimum absolute atomic E-state index is 0.0146. The zero-order valence-corrected chi connectivity index (χ0v) is 21.6. The molecule has 1 amide bonds. The van der Waals surface area contributed by atoms with E-state index in [0.717, 1.165) is 35.7 Å². The fraction of sp³-hybridized carbons (Fsp3) is 0.333. The number of anilines is 1. The van der Waals surface area contributed by atoms with Crippen LogP contribution in [0.25, 0.3) is 0 Å². The Hall–Kier alpha value is -3.25. The van der Waals surface area contributed by atoms with Crippen molar-refractivity contribution in [3.8, 4) is 0 Å². The molecule has 1 unspecified atom stereocenters. The van der Waals surface area contributed by atoms with Crippen molar-refractivity contribution in [2.24, 2.45) is 10.5 Å². The van der Waals surface area contributed by atoms with Crippen molar-refractivity contribution in [2.75, 3.05) is 31.1 Å². The molecule has 1 heterocycles. The summed E-state index contributed by atoms with van der Waals surface area (Å²) in [6, 6.07) is 10.4. The standard InChI is InChI=1S/C24H23ClF3N3O5S/c1-4-36-21(33)23(2)14-30(29-20(23)15-5-9-17(25)10-6-15)13-19(32)31(37-22(34)35-3)18-11-7-16(8-12-18)24(26,27)28/h5-12H,4,13-14H2,1-3H3. The number of carbonyl (C=O) groups is 3. The van der Waals surface area contributed by atoms with E-state index in [2.05, 4.69) is 9.84 Å². The lowest BCUT2D eigenvalue weighted by molar-refractivity contribution is -0.150. The molecule has 0 aliphatic carbocycles. The van der Waals surface area contributed by atoms with Crippen LogP contribution in [0.2, 0.25) is 5.02 Å². The van der Waals surface area contributed by atoms with Gasteiger partial charge in [-0.1, -0.05) is 23.7 Å². The summed E-state index contributed by atoms with van der Waals surface area (Å²) in [5.41, 5.74) is -1.15. The maximum absolute atomic E-state index is 13.3. The fourth-order valence-electron chi connectivity index (χ4n) is 3.62. The lowest BCUT2D eigenvalue weighted by Gasteiger charge is -2.26. The maximum atomic E-state index is 13.3. The molecule has 0 saturated carbocycles. The van der Waals surface area contributed by atoms with E-state index >= 15 is 0 Å². The third-order valence-electron chi connectivity index (χ3n) is 5.41. The number of esters is 1. The summed E-state index contributed by atoms with van der Waals surface area (Å²) in [7, 11) is 1.11. The second-order valence-corrected chi connectivity index (χ2v) is 9.43. The molecule has 2 aromatic rings. The molecule has 0 N–H and O–H groups in total. The second kappa shape index (κ2) is 11.4. The number of hydrazone groups is 1. The first-order valence-corrected chi connectivity index (χ1v) is 12.1. The van der Waals surface area contributed by atoms with Crippen molar-refractivity contribution < 1.29 is 37.0 Å². The number of methoxy groups -OCH3 is 1. The van der Waals surface area contributed by atoms with E-state index in [4.69, 9.17) is 16.3 Å². The SMILES string of the molecule is CCOC(=O)C1(C)CN(CC(=O)N(SC(=O)OC)c2ccc(C(F)(F)F)cc2)N=C1c1ccc(Cl)cc1. The lowest BCUT2D eigenvalue weighted by atomic mass is 9.82. The Morgan fingerprint density at radius 3 is 2.30 bits per heavy atom. The summed E-state index contributed by atoms with van der Waals surface area (Å²) in [6.07, 6.45) is -4.57. The van der Waals surface area contributed by atoms with E-state index in [1.807, 2.05) is 0 Å². The van der Waals surface area contributed by atoms with Crippen LogP contribution in [0.3, 0.4) is 0 Å². The number of benzene rings is 2. The zero-order chi connectivity index (χ0) is 27.4. The maximum Gasteiger partial charge on any atom is 0.416 e. The Morgan fingerprint density at radius 1 is 1.14 bits per heavy atom. The van der Waals surface area contributed by atoms with E-state index in [0.29, 0.717) is 28.2 Å². The van der Waals surface area contributed by atoms with E-state index < -0.39 is 40.9 Å². The number of halogens is 4. The molecular formula is C24H23ClF3N3O5S. The van der Waals surface area contributed by atoms with Crippen LogP contribution in [-0.2, 0) is 25.2 Å². The number of ether oxygens (including phenoxy) is 2. The highest BCUT2D eigenvalue weighted by atomic mass is 35.5. The highest BCUT2D eigenvalue weighted by Gasteiger charge is 2.47. The van der Waals surface area contributed by atoms with Crippen LogP contribution in [0.15, 0.2) is 53.6 Å². The first-order valence-electron chi connectivity index (χ1n) is 10.9. The summed E-state index contributed by atoms with van der Waals surface area (Å²) in [5, 5.41) is 5.47. The molecule has 8 nitrogen and oxygen atoms in total. The number of alkyl halides is 3. The van der Waals surface area contributed by atoms with Gasteiger partial charge in [-0.05, 0) is 55.8 Å². The van der Waals surface area contributed by atoms with Crippen molar-refractivity contribution in [1.82, 2.24) is 5.01 Å². The molecule has 0 spiro atoms. The quantitative estimate of drug-likeness (QED) is 0.347. The number of rotatable bonds is 6. The van der Waals surface area contributed by atoms with Crippen molar-refractivity contribution in [2.45, 2.75) is 20.0 Å². The van der Waals surface area contributed by atoms with Crippen molar-refractivity contribution in [3.05, 3.63) is 64.7 Å². The van der Waals surface area contributed by atoms with Gasteiger partial charge >= 0.3 is 17.4 Å². The first-order chi connectivity index (χ1) is 17.4. The van der Waals surface area contributed by atoms with Crippen LogP contribution in [-0.4, -0.2) is 54.7 Å². The van der Waals surface area contributed by atoms with E-state index in [9.17, 15) is 27.6 Å². The second-order valence-electron chi connectivity index (χ2n) is 8.11. The molecule has 0 bridgehead atoms. The third kappa shape index (κ3) is 6.55. The third-order valence-corrected chi connectivity index (χ3v) is 6.58. The zero-order valence-electron chi connectivity index (χ0n) is 20.0. The van der Waals surface area contributed by atoms with Gasteiger partial charge in [-0.25, -0.2) is 9.10 Å². The molecule has 3 rings (SSSR count). The van der Waals surface area contributed by atoms with Gasteiger partial charge < -0.3 is 9.47 Å². The van der Waals surface area contributed by atoms with E-state index in [1.54, 1.807) is 38.1 Å². The number of hydrogen-bond donors (Lipinski definition) is 0. The van der Waals surface area contributed by atoms with Gasteiger partial charge in [0.2, 0.25) is 0 Å². The monoisotopic (exact) mass is 557 g/mol. The molecule has 198 valence electrons. The van der Waals surface area contributed by atoms with E-state index in [-0.39, 0.29) is 18.8 Å². The Balaban J connectivity index is 1.91. The van der Waals surface area contributed by atoms with E-state index in [1.165, 1.54) is 5.01 Å². The Bertz CT molecular complexity index is 1190. The number of carbonyl (C=O) groups excluding carboxylic acids is 3. The highest BCUT2D eigenvalue weighted by molar-refractivity contribution is 8.15. The summed E-state index contributed by atoms with van der Waals surface area (Å²) in [4.78, 5) is 38.1. The molecular weight excluding hydrogens is 535 g/mol. The highest BCUT2D eigenvalue weighted by Crippen LogP contribution is 2.35. The molecule has 1 atom stereocenters. The summed E-state index contributed by atoms with van der Waals surface area (Å²) in [6.45, 7) is 3.04. The average Bonchev–Trinajstić information content (AvgIpc) is 3.19. The number of hydrogen-bond acceptors (Lipinski definition) is 8. The Labute approximate surface area is 220 Å². The Kier molecular flexibility index (Phi) is 8.75. The topological polar surface area (TPSA) is 88.5 Å². The number of amides is 1. The van der Waals surface area contributed by atoms with Gasteiger partial charge in [-0.3, -0.25) is 14.6 Å². The summed E-state index contributed by atoms with van der Waals surface area (Å²) >= 11 is 6.36. The molecule has 2 aromatic carbocycles. The van der Waals surface area contributed by atoms with Crippen molar-refractivity contribution in [3.63, 3.8) is 0 Å². The van der Waals surface area contributed by atoms with Gasteiger partial charge in [0.1, 0.15) is 12.0 Å². The van der Waals surface area contributed by atoms with Gasteiger partial charge in [0.05, 0.1) is 49.2 Å². The Morgan fingerprint density at radius 2 is 1.76 bits per heavy atom. The smallest absolute Gasteiger partial charge is 0.416 e. The molecule has 0 aromatic heterocycles. The average molecular weight is 558 g/mol.